The Bertz CT molecular complexity index is 1990. The van der Waals surface area contributed by atoms with Crippen LogP contribution in [0.25, 0.3) is 0 Å². The van der Waals surface area contributed by atoms with Crippen molar-refractivity contribution in [3.63, 3.8) is 0 Å². The summed E-state index contributed by atoms with van der Waals surface area (Å²) >= 11 is 0. The van der Waals surface area contributed by atoms with E-state index in [1.807, 2.05) is 50.2 Å². The van der Waals surface area contributed by atoms with Gasteiger partial charge in [0.15, 0.2) is 0 Å². The van der Waals surface area contributed by atoms with E-state index in [0.29, 0.717) is 29.9 Å². The van der Waals surface area contributed by atoms with E-state index in [2.05, 4.69) is 26.3 Å². The van der Waals surface area contributed by atoms with Crippen LogP contribution in [0, 0.1) is 12.8 Å². The van der Waals surface area contributed by atoms with Gasteiger partial charge in [0, 0.05) is 48.6 Å². The lowest BCUT2D eigenvalue weighted by Crippen LogP contribution is -2.49. The zero-order valence-corrected chi connectivity index (χ0v) is 31.5. The molecule has 0 bridgehead atoms. The number of carbonyl (C=O) groups is 3. The quantitative estimate of drug-likeness (QED) is 0.121. The number of nitrogens with zero attached hydrogens (tertiary/aromatic N) is 2. The molecular formula is C40H47BN6O5S. The predicted molar refractivity (Wildman–Crippen MR) is 209 cm³/mol. The number of hydrogen-bond acceptors (Lipinski definition) is 7. The van der Waals surface area contributed by atoms with E-state index in [0.717, 1.165) is 40.2 Å². The van der Waals surface area contributed by atoms with Crippen LogP contribution in [0.4, 0.5) is 5.69 Å². The van der Waals surface area contributed by atoms with Crippen molar-refractivity contribution < 1.29 is 22.8 Å². The molecule has 4 aromatic rings. The maximum Gasteiger partial charge on any atom is 0.251 e. The number of rotatable bonds is 17. The van der Waals surface area contributed by atoms with E-state index in [9.17, 15) is 22.8 Å². The summed E-state index contributed by atoms with van der Waals surface area (Å²) in [6.45, 7) is 6.44. The Morgan fingerprint density at radius 1 is 0.906 bits per heavy atom. The summed E-state index contributed by atoms with van der Waals surface area (Å²) < 4.78 is 27.7. The molecule has 1 fully saturated rings. The van der Waals surface area contributed by atoms with Gasteiger partial charge in [0.2, 0.25) is 15.9 Å². The zero-order chi connectivity index (χ0) is 38.1. The fourth-order valence-corrected chi connectivity index (χ4v) is 6.64. The first-order valence-corrected chi connectivity index (χ1v) is 19.7. The van der Waals surface area contributed by atoms with Crippen molar-refractivity contribution in [1.82, 2.24) is 26.3 Å². The highest BCUT2D eigenvalue weighted by Crippen LogP contribution is 2.28. The lowest BCUT2D eigenvalue weighted by molar-refractivity contribution is -0.122. The molecule has 276 valence electrons. The van der Waals surface area contributed by atoms with Crippen LogP contribution in [0.5, 0.6) is 0 Å². The van der Waals surface area contributed by atoms with Crippen molar-refractivity contribution in [2.24, 2.45) is 5.92 Å². The Balaban J connectivity index is 1.44. The summed E-state index contributed by atoms with van der Waals surface area (Å²) in [7, 11) is 1.97. The van der Waals surface area contributed by atoms with E-state index in [1.165, 1.54) is 18.2 Å². The number of benzene rings is 3. The number of aromatic nitrogens is 1. The molecule has 13 heteroatoms. The van der Waals surface area contributed by atoms with Gasteiger partial charge in [0.25, 0.3) is 11.8 Å². The van der Waals surface area contributed by atoms with Crippen molar-refractivity contribution in [3.8, 4) is 0 Å². The lowest BCUT2D eigenvalue weighted by atomic mass is 9.95. The molecule has 0 unspecified atom stereocenters. The Kier molecular flexibility index (Phi) is 13.1. The number of aryl methyl sites for hydroxylation is 1. The average molecular weight is 735 g/mol. The minimum atomic E-state index is -3.90. The minimum Gasteiger partial charge on any atom is -0.354 e. The Labute approximate surface area is 313 Å². The molecule has 1 saturated carbocycles. The molecular weight excluding hydrogens is 687 g/mol. The van der Waals surface area contributed by atoms with Gasteiger partial charge in [0.1, 0.15) is 7.85 Å². The molecule has 2 radical (unpaired) electrons. The molecule has 1 aromatic heterocycles. The smallest absolute Gasteiger partial charge is 0.251 e. The summed E-state index contributed by atoms with van der Waals surface area (Å²) in [6, 6.07) is 23.1. The third-order valence-corrected chi connectivity index (χ3v) is 10.3. The second kappa shape index (κ2) is 17.7. The van der Waals surface area contributed by atoms with Crippen LogP contribution < -0.4 is 31.0 Å². The zero-order valence-electron chi connectivity index (χ0n) is 30.6. The normalized spacial score (nSPS) is 14.4. The molecule has 3 aromatic carbocycles. The second-order valence-corrected chi connectivity index (χ2v) is 15.8. The predicted octanol–water partition coefficient (Wildman–Crippen LogP) is 3.49. The Hall–Kier alpha value is -5.01. The van der Waals surface area contributed by atoms with Gasteiger partial charge in [-0.15, -0.1) is 0 Å². The van der Waals surface area contributed by atoms with Crippen LogP contribution >= 0.6 is 0 Å². The van der Waals surface area contributed by atoms with E-state index in [1.54, 1.807) is 43.5 Å². The molecule has 3 amide bonds. The lowest BCUT2D eigenvalue weighted by Gasteiger charge is -2.25. The molecule has 11 nitrogen and oxygen atoms in total. The van der Waals surface area contributed by atoms with E-state index >= 15 is 0 Å². The van der Waals surface area contributed by atoms with Gasteiger partial charge in [-0.25, -0.2) is 8.42 Å². The molecule has 0 saturated heterocycles. The Morgan fingerprint density at radius 3 is 2.17 bits per heavy atom. The van der Waals surface area contributed by atoms with Gasteiger partial charge in [-0.1, -0.05) is 65.6 Å². The van der Waals surface area contributed by atoms with Crippen molar-refractivity contribution in [2.75, 3.05) is 23.7 Å². The molecule has 1 aliphatic rings. The van der Waals surface area contributed by atoms with Gasteiger partial charge < -0.3 is 21.3 Å². The summed E-state index contributed by atoms with van der Waals surface area (Å²) in [4.78, 5) is 45.1. The van der Waals surface area contributed by atoms with Crippen molar-refractivity contribution in [2.45, 2.75) is 64.7 Å². The number of anilines is 1. The van der Waals surface area contributed by atoms with Crippen molar-refractivity contribution in [3.05, 3.63) is 125 Å². The molecule has 0 spiro atoms. The maximum absolute atomic E-state index is 14.1. The number of sulfonamides is 1. The third kappa shape index (κ3) is 11.7. The first-order valence-electron chi connectivity index (χ1n) is 17.8. The topological polar surface area (TPSA) is 150 Å². The largest absolute Gasteiger partial charge is 0.354 e. The number of amides is 3. The van der Waals surface area contributed by atoms with Gasteiger partial charge in [-0.2, -0.15) is 0 Å². The monoisotopic (exact) mass is 734 g/mol. The van der Waals surface area contributed by atoms with Gasteiger partial charge in [0.05, 0.1) is 30.6 Å². The van der Waals surface area contributed by atoms with Gasteiger partial charge in [-0.05, 0) is 81.0 Å². The highest BCUT2D eigenvalue weighted by molar-refractivity contribution is 7.92. The van der Waals surface area contributed by atoms with Crippen LogP contribution in [-0.2, 0) is 27.8 Å². The summed E-state index contributed by atoms with van der Waals surface area (Å²) in [5, 5.41) is 12.3. The SMILES string of the molecule is [B]c1ccc(CN(c2cc(C(=O)N[C@H](CN[C@@H](C)C(=O)NCC3CC3)Cc3ccccn3)cc(C(=O)N[C@H](C)c3ccc(C)cc3)c2)S(C)(=O)=O)cc1. The van der Waals surface area contributed by atoms with Crippen molar-refractivity contribution >= 4 is 46.7 Å². The fraction of sp³-hybridized carbons (Fsp3) is 0.350. The molecule has 4 N–H and O–H groups in total. The van der Waals surface area contributed by atoms with Gasteiger partial charge in [-0.3, -0.25) is 23.7 Å². The average Bonchev–Trinajstić information content (AvgIpc) is 3.97. The molecule has 1 heterocycles. The van der Waals surface area contributed by atoms with Crippen LogP contribution in [0.15, 0.2) is 91.1 Å². The Morgan fingerprint density at radius 2 is 1.57 bits per heavy atom. The highest BCUT2D eigenvalue weighted by Gasteiger charge is 2.26. The molecule has 5 rings (SSSR count). The van der Waals surface area contributed by atoms with E-state index in [-0.39, 0.29) is 41.9 Å². The van der Waals surface area contributed by atoms with Crippen LogP contribution in [-0.4, -0.2) is 70.4 Å². The standard InChI is InChI=1S/C40H47BN6O5S/c1-26-8-14-31(15-9-26)27(2)45-39(49)32-19-33(21-37(20-32)47(53(4,51)52)25-30-12-16-34(41)17-13-30)40(50)46-36(22-35-7-5-6-18-42-35)24-43-28(3)38(48)44-23-29-10-11-29/h5-9,12-21,27-29,36,43H,10-11,22-25H2,1-4H3,(H,44,48)(H,45,49)(H,46,50)/t27-,28+,36+/m1/s1. The molecule has 1 aliphatic carbocycles. The minimum absolute atomic E-state index is 0.0576. The highest BCUT2D eigenvalue weighted by atomic mass is 32.2. The fourth-order valence-electron chi connectivity index (χ4n) is 5.77. The summed E-state index contributed by atoms with van der Waals surface area (Å²) in [5.74, 6) is -0.583. The third-order valence-electron chi connectivity index (χ3n) is 9.20. The first-order chi connectivity index (χ1) is 25.2. The summed E-state index contributed by atoms with van der Waals surface area (Å²) in [5.41, 5.74) is 4.24. The van der Waals surface area contributed by atoms with Crippen LogP contribution in [0.3, 0.4) is 0 Å². The number of hydrogen-bond donors (Lipinski definition) is 4. The van der Waals surface area contributed by atoms with E-state index in [4.69, 9.17) is 7.85 Å². The molecule has 0 aliphatic heterocycles. The number of nitrogens with one attached hydrogen (secondary N) is 4. The summed E-state index contributed by atoms with van der Waals surface area (Å²) in [6.07, 6.45) is 5.35. The maximum atomic E-state index is 14.1. The van der Waals surface area contributed by atoms with E-state index < -0.39 is 33.9 Å². The van der Waals surface area contributed by atoms with Crippen LogP contribution in [0.2, 0.25) is 0 Å². The first kappa shape index (κ1) is 39.2. The van der Waals surface area contributed by atoms with Gasteiger partial charge >= 0.3 is 0 Å². The molecule has 53 heavy (non-hydrogen) atoms. The number of carbonyl (C=O) groups excluding carboxylic acids is 3. The molecule has 3 atom stereocenters. The number of pyridine rings is 1. The second-order valence-electron chi connectivity index (χ2n) is 13.9. The van der Waals surface area contributed by atoms with Crippen LogP contribution in [0.1, 0.15) is 75.8 Å². The van der Waals surface area contributed by atoms with Crippen molar-refractivity contribution in [1.29, 1.82) is 0 Å².